The van der Waals surface area contributed by atoms with Crippen LogP contribution in [0, 0.1) is 0 Å². The first kappa shape index (κ1) is 8.74. The molecule has 6 nitrogen and oxygen atoms in total. The normalized spacial score (nSPS) is 16.2. The van der Waals surface area contributed by atoms with Crippen LogP contribution in [0.25, 0.3) is 0 Å². The molecule has 0 bridgehead atoms. The number of imide groups is 1. The number of nitrogens with zero attached hydrogens (tertiary/aromatic N) is 3. The number of urea groups is 1. The van der Waals surface area contributed by atoms with E-state index in [0.29, 0.717) is 5.69 Å². The van der Waals surface area contributed by atoms with Gasteiger partial charge in [0, 0.05) is 13.2 Å². The summed E-state index contributed by atoms with van der Waals surface area (Å²) in [5.74, 6) is -0.208. The van der Waals surface area contributed by atoms with Gasteiger partial charge in [-0.3, -0.25) is 14.4 Å². The van der Waals surface area contributed by atoms with E-state index < -0.39 is 0 Å². The maximum Gasteiger partial charge on any atom is 0.324 e. The van der Waals surface area contributed by atoms with Crippen molar-refractivity contribution in [2.75, 3.05) is 6.54 Å². The molecule has 6 heteroatoms. The molecule has 2 heterocycles. The van der Waals surface area contributed by atoms with Crippen LogP contribution in [-0.4, -0.2) is 33.2 Å². The first-order valence-electron chi connectivity index (χ1n) is 4.23. The summed E-state index contributed by atoms with van der Waals surface area (Å²) in [6.07, 6.45) is 1.77. The first-order valence-corrected chi connectivity index (χ1v) is 4.23. The summed E-state index contributed by atoms with van der Waals surface area (Å²) in [6.45, 7) is 0.331. The molecule has 3 amide bonds. The lowest BCUT2D eigenvalue weighted by Crippen LogP contribution is -2.30. The quantitative estimate of drug-likeness (QED) is 0.644. The van der Waals surface area contributed by atoms with Crippen LogP contribution in [0.5, 0.6) is 0 Å². The van der Waals surface area contributed by atoms with Crippen molar-refractivity contribution in [1.29, 1.82) is 0 Å². The number of carbonyl (C=O) groups excluding carboxylic acids is 2. The molecule has 1 aliphatic rings. The number of hydrogen-bond donors (Lipinski definition) is 1. The van der Waals surface area contributed by atoms with Crippen molar-refractivity contribution >= 4 is 11.9 Å². The standard InChI is InChI=1S/C8H10N4O2/c1-11-3-2-6(10-11)5-12-7(13)4-9-8(12)14/h2-3H,4-5H2,1H3,(H,9,14). The summed E-state index contributed by atoms with van der Waals surface area (Å²) in [5.41, 5.74) is 0.706. The maximum atomic E-state index is 11.2. The molecule has 1 N–H and O–H groups in total. The number of aromatic nitrogens is 2. The predicted octanol–water partition coefficient (Wildman–Crippen LogP) is -0.528. The number of carbonyl (C=O) groups is 2. The Bertz CT molecular complexity index is 368. The van der Waals surface area contributed by atoms with Crippen LogP contribution >= 0.6 is 0 Å². The SMILES string of the molecule is Cn1ccc(CN2C(=O)CNC2=O)n1. The molecule has 0 radical (unpaired) electrons. The molecular formula is C8H10N4O2. The van der Waals surface area contributed by atoms with Gasteiger partial charge in [0.1, 0.15) is 0 Å². The van der Waals surface area contributed by atoms with E-state index in [2.05, 4.69) is 10.4 Å². The number of nitrogens with one attached hydrogen (secondary N) is 1. The summed E-state index contributed by atoms with van der Waals surface area (Å²) < 4.78 is 1.63. The average molecular weight is 194 g/mol. The zero-order valence-corrected chi connectivity index (χ0v) is 7.73. The average Bonchev–Trinajstić information content (AvgIpc) is 2.67. The third-order valence-electron chi connectivity index (χ3n) is 2.03. The second kappa shape index (κ2) is 3.13. The summed E-state index contributed by atoms with van der Waals surface area (Å²) in [5, 5.41) is 6.54. The van der Waals surface area contributed by atoms with E-state index in [0.717, 1.165) is 4.90 Å². The topological polar surface area (TPSA) is 67.2 Å². The molecule has 1 aromatic heterocycles. The van der Waals surface area contributed by atoms with Crippen molar-refractivity contribution in [2.45, 2.75) is 6.54 Å². The summed E-state index contributed by atoms with van der Waals surface area (Å²) in [4.78, 5) is 23.5. The Labute approximate surface area is 80.5 Å². The van der Waals surface area contributed by atoms with Gasteiger partial charge in [-0.05, 0) is 6.07 Å². The van der Waals surface area contributed by atoms with E-state index in [4.69, 9.17) is 0 Å². The van der Waals surface area contributed by atoms with Gasteiger partial charge >= 0.3 is 6.03 Å². The lowest BCUT2D eigenvalue weighted by Gasteiger charge is -2.09. The van der Waals surface area contributed by atoms with Gasteiger partial charge in [-0.25, -0.2) is 4.79 Å². The summed E-state index contributed by atoms with van der Waals surface area (Å²) in [6, 6.07) is 1.43. The van der Waals surface area contributed by atoms with E-state index in [1.807, 2.05) is 0 Å². The van der Waals surface area contributed by atoms with Crippen LogP contribution in [0.15, 0.2) is 12.3 Å². The Hall–Kier alpha value is -1.85. The molecule has 1 fully saturated rings. The fourth-order valence-corrected chi connectivity index (χ4v) is 1.32. The fourth-order valence-electron chi connectivity index (χ4n) is 1.32. The third-order valence-corrected chi connectivity index (χ3v) is 2.03. The molecule has 0 aliphatic carbocycles. The molecule has 0 spiro atoms. The van der Waals surface area contributed by atoms with E-state index in [1.54, 1.807) is 24.0 Å². The van der Waals surface area contributed by atoms with Crippen LogP contribution in [0.4, 0.5) is 4.79 Å². The minimum absolute atomic E-state index is 0.0890. The Morgan fingerprint density at radius 3 is 2.86 bits per heavy atom. The van der Waals surface area contributed by atoms with Gasteiger partial charge in [0.15, 0.2) is 0 Å². The molecule has 2 rings (SSSR count). The largest absolute Gasteiger partial charge is 0.329 e. The lowest BCUT2D eigenvalue weighted by molar-refractivity contribution is -0.125. The molecule has 1 saturated heterocycles. The Morgan fingerprint density at radius 1 is 1.57 bits per heavy atom. The van der Waals surface area contributed by atoms with Crippen LogP contribution in [0.3, 0.4) is 0 Å². The highest BCUT2D eigenvalue weighted by Crippen LogP contribution is 2.05. The monoisotopic (exact) mass is 194 g/mol. The molecule has 0 unspecified atom stereocenters. The van der Waals surface area contributed by atoms with Crippen LogP contribution < -0.4 is 5.32 Å². The highest BCUT2D eigenvalue weighted by Gasteiger charge is 2.28. The van der Waals surface area contributed by atoms with E-state index in [-0.39, 0.29) is 25.0 Å². The molecular weight excluding hydrogens is 184 g/mol. The number of rotatable bonds is 2. The van der Waals surface area contributed by atoms with Crippen LogP contribution in [0.2, 0.25) is 0 Å². The Balaban J connectivity index is 2.10. The van der Waals surface area contributed by atoms with Gasteiger partial charge < -0.3 is 5.32 Å². The van der Waals surface area contributed by atoms with Crippen molar-refractivity contribution in [3.8, 4) is 0 Å². The zero-order valence-electron chi connectivity index (χ0n) is 7.73. The van der Waals surface area contributed by atoms with Crippen molar-refractivity contribution in [3.63, 3.8) is 0 Å². The predicted molar refractivity (Wildman–Crippen MR) is 47.2 cm³/mol. The molecule has 14 heavy (non-hydrogen) atoms. The highest BCUT2D eigenvalue weighted by atomic mass is 16.2. The Morgan fingerprint density at radius 2 is 2.36 bits per heavy atom. The number of aryl methyl sites for hydroxylation is 1. The molecule has 0 aromatic carbocycles. The lowest BCUT2D eigenvalue weighted by atomic mass is 10.4. The fraction of sp³-hybridized carbons (Fsp3) is 0.375. The smallest absolute Gasteiger partial charge is 0.324 e. The van der Waals surface area contributed by atoms with Crippen LogP contribution in [0.1, 0.15) is 5.69 Å². The highest BCUT2D eigenvalue weighted by molar-refractivity contribution is 6.01. The van der Waals surface area contributed by atoms with Crippen molar-refractivity contribution in [3.05, 3.63) is 18.0 Å². The van der Waals surface area contributed by atoms with E-state index in [9.17, 15) is 9.59 Å². The van der Waals surface area contributed by atoms with E-state index >= 15 is 0 Å². The van der Waals surface area contributed by atoms with Crippen molar-refractivity contribution in [2.24, 2.45) is 7.05 Å². The summed E-state index contributed by atoms with van der Waals surface area (Å²) >= 11 is 0. The van der Waals surface area contributed by atoms with Gasteiger partial charge in [0.2, 0.25) is 5.91 Å². The molecule has 1 aromatic rings. The second-order valence-corrected chi connectivity index (χ2v) is 3.12. The minimum atomic E-state index is -0.347. The van der Waals surface area contributed by atoms with Crippen LogP contribution in [-0.2, 0) is 18.4 Å². The molecule has 0 saturated carbocycles. The molecule has 74 valence electrons. The zero-order chi connectivity index (χ0) is 10.1. The van der Waals surface area contributed by atoms with Gasteiger partial charge in [-0.1, -0.05) is 0 Å². The maximum absolute atomic E-state index is 11.2. The van der Waals surface area contributed by atoms with Gasteiger partial charge in [0.05, 0.1) is 18.8 Å². The van der Waals surface area contributed by atoms with Gasteiger partial charge in [-0.15, -0.1) is 0 Å². The number of amides is 3. The second-order valence-electron chi connectivity index (χ2n) is 3.12. The van der Waals surface area contributed by atoms with E-state index in [1.165, 1.54) is 0 Å². The third kappa shape index (κ3) is 1.46. The number of hydrogen-bond acceptors (Lipinski definition) is 3. The molecule has 0 atom stereocenters. The first-order chi connectivity index (χ1) is 6.66. The molecule has 1 aliphatic heterocycles. The summed E-state index contributed by atoms with van der Waals surface area (Å²) in [7, 11) is 1.79. The minimum Gasteiger partial charge on any atom is -0.329 e. The van der Waals surface area contributed by atoms with Gasteiger partial charge in [0.25, 0.3) is 0 Å². The van der Waals surface area contributed by atoms with Gasteiger partial charge in [-0.2, -0.15) is 5.10 Å². The van der Waals surface area contributed by atoms with Crippen molar-refractivity contribution < 1.29 is 9.59 Å². The Kier molecular flexibility index (Phi) is 1.95. The van der Waals surface area contributed by atoms with Crippen molar-refractivity contribution in [1.82, 2.24) is 20.0 Å².